The lowest BCUT2D eigenvalue weighted by Gasteiger charge is -2.44. The van der Waals surface area contributed by atoms with Crippen LogP contribution in [0.15, 0.2) is 42.6 Å². The molecule has 5 nitrogen and oxygen atoms in total. The molecule has 3 heterocycles. The minimum atomic E-state index is -0.403. The zero-order chi connectivity index (χ0) is 19.3. The second kappa shape index (κ2) is 6.59. The summed E-state index contributed by atoms with van der Waals surface area (Å²) in [6, 6.07) is 11.9. The van der Waals surface area contributed by atoms with E-state index in [9.17, 15) is 4.79 Å². The third kappa shape index (κ3) is 2.64. The molecule has 144 valence electrons. The summed E-state index contributed by atoms with van der Waals surface area (Å²) in [5.74, 6) is 0.248. The van der Waals surface area contributed by atoms with Crippen molar-refractivity contribution in [1.29, 1.82) is 0 Å². The Morgan fingerprint density at radius 3 is 2.68 bits per heavy atom. The summed E-state index contributed by atoms with van der Waals surface area (Å²) in [6.07, 6.45) is 6.69. The Bertz CT molecular complexity index is 1040. The summed E-state index contributed by atoms with van der Waals surface area (Å²) >= 11 is 6.08. The number of carbonyl (C=O) groups excluding carboxylic acids is 1. The highest BCUT2D eigenvalue weighted by molar-refractivity contribution is 6.30. The van der Waals surface area contributed by atoms with Gasteiger partial charge in [0.05, 0.1) is 22.8 Å². The first-order valence-electron chi connectivity index (χ1n) is 9.97. The average molecular weight is 395 g/mol. The van der Waals surface area contributed by atoms with Gasteiger partial charge in [-0.1, -0.05) is 30.2 Å². The molecule has 2 fully saturated rings. The fraction of sp³-hybridized carbons (Fsp3) is 0.409. The number of hydrogen-bond acceptors (Lipinski definition) is 3. The van der Waals surface area contributed by atoms with Gasteiger partial charge < -0.3 is 4.90 Å². The van der Waals surface area contributed by atoms with E-state index in [1.165, 1.54) is 0 Å². The molecule has 1 aliphatic carbocycles. The average Bonchev–Trinajstić information content (AvgIpc) is 3.27. The number of aromatic nitrogens is 3. The van der Waals surface area contributed by atoms with Gasteiger partial charge in [-0.15, -0.1) is 0 Å². The number of benzene rings is 1. The molecule has 0 spiro atoms. The largest absolute Gasteiger partial charge is 0.333 e. The van der Waals surface area contributed by atoms with E-state index in [2.05, 4.69) is 15.0 Å². The first-order valence-corrected chi connectivity index (χ1v) is 10.3. The molecule has 2 aliphatic rings. The molecule has 0 N–H and O–H groups in total. The van der Waals surface area contributed by atoms with Crippen LogP contribution in [-0.2, 0) is 10.2 Å². The maximum Gasteiger partial charge on any atom is 0.233 e. The minimum Gasteiger partial charge on any atom is -0.333 e. The number of nitrogens with zero attached hydrogens (tertiary/aromatic N) is 4. The molecule has 1 aromatic carbocycles. The number of fused-ring (bicyclic) bond motifs is 1. The second-order valence-corrected chi connectivity index (χ2v) is 8.46. The number of rotatable bonds is 3. The van der Waals surface area contributed by atoms with E-state index in [1.54, 1.807) is 0 Å². The van der Waals surface area contributed by atoms with Gasteiger partial charge in [-0.3, -0.25) is 4.79 Å². The van der Waals surface area contributed by atoms with Crippen LogP contribution in [0.3, 0.4) is 0 Å². The highest BCUT2D eigenvalue weighted by Crippen LogP contribution is 2.48. The fourth-order valence-electron chi connectivity index (χ4n) is 4.80. The van der Waals surface area contributed by atoms with E-state index in [-0.39, 0.29) is 11.9 Å². The number of amides is 1. The molecule has 0 bridgehead atoms. The van der Waals surface area contributed by atoms with Gasteiger partial charge in [-0.2, -0.15) is 5.10 Å². The molecular weight excluding hydrogens is 372 g/mol. The molecule has 6 heteroatoms. The predicted molar refractivity (Wildman–Crippen MR) is 108 cm³/mol. The van der Waals surface area contributed by atoms with Crippen molar-refractivity contribution in [2.24, 2.45) is 0 Å². The lowest BCUT2D eigenvalue weighted by Crippen LogP contribution is -2.51. The third-order valence-electron chi connectivity index (χ3n) is 6.38. The highest BCUT2D eigenvalue weighted by atomic mass is 35.5. The van der Waals surface area contributed by atoms with E-state index in [4.69, 9.17) is 11.6 Å². The van der Waals surface area contributed by atoms with E-state index in [0.717, 1.165) is 61.2 Å². The van der Waals surface area contributed by atoms with Crippen LogP contribution in [0.1, 0.15) is 55.1 Å². The Balaban J connectivity index is 1.52. The lowest BCUT2D eigenvalue weighted by molar-refractivity contribution is -0.142. The molecule has 0 unspecified atom stereocenters. The van der Waals surface area contributed by atoms with Crippen molar-refractivity contribution in [1.82, 2.24) is 19.5 Å². The van der Waals surface area contributed by atoms with Crippen molar-refractivity contribution in [3.63, 3.8) is 0 Å². The Morgan fingerprint density at radius 2 is 1.96 bits per heavy atom. The summed E-state index contributed by atoms with van der Waals surface area (Å²) in [5, 5.41) is 5.32. The number of carbonyl (C=O) groups is 1. The SMILES string of the molecule is Cc1cc2nccc([C@@H]3CCCN3C(=O)C3(c4ccc(Cl)cc4)CCC3)n2n1. The van der Waals surface area contributed by atoms with Crippen LogP contribution in [0.5, 0.6) is 0 Å². The van der Waals surface area contributed by atoms with Crippen LogP contribution in [-0.4, -0.2) is 31.9 Å². The number of halogens is 1. The van der Waals surface area contributed by atoms with Crippen molar-refractivity contribution in [3.05, 3.63) is 64.6 Å². The smallest absolute Gasteiger partial charge is 0.233 e. The molecule has 2 aromatic heterocycles. The van der Waals surface area contributed by atoms with Crippen LogP contribution < -0.4 is 0 Å². The third-order valence-corrected chi connectivity index (χ3v) is 6.63. The molecule has 0 radical (unpaired) electrons. The van der Waals surface area contributed by atoms with Crippen LogP contribution in [0.2, 0.25) is 5.02 Å². The van der Waals surface area contributed by atoms with E-state index in [0.29, 0.717) is 5.02 Å². The molecule has 1 saturated heterocycles. The molecule has 1 saturated carbocycles. The van der Waals surface area contributed by atoms with Gasteiger partial charge >= 0.3 is 0 Å². The second-order valence-electron chi connectivity index (χ2n) is 8.02. The molecular formula is C22H23ClN4O. The van der Waals surface area contributed by atoms with Gasteiger partial charge in [0.2, 0.25) is 5.91 Å². The highest BCUT2D eigenvalue weighted by Gasteiger charge is 2.50. The Morgan fingerprint density at radius 1 is 1.18 bits per heavy atom. The standard InChI is InChI=1S/C22H23ClN4O/c1-15-14-20-24-12-9-19(27(20)25-15)18-4-2-13-26(18)21(28)22(10-3-11-22)16-5-7-17(23)8-6-16/h5-9,12,14,18H,2-4,10-11,13H2,1H3/t18-/m0/s1. The van der Waals surface area contributed by atoms with Gasteiger partial charge in [0.1, 0.15) is 0 Å². The van der Waals surface area contributed by atoms with Crippen molar-refractivity contribution < 1.29 is 4.79 Å². The summed E-state index contributed by atoms with van der Waals surface area (Å²) in [6.45, 7) is 2.77. The summed E-state index contributed by atoms with van der Waals surface area (Å²) < 4.78 is 1.90. The lowest BCUT2D eigenvalue weighted by atomic mass is 9.63. The topological polar surface area (TPSA) is 50.5 Å². The van der Waals surface area contributed by atoms with Gasteiger partial charge in [0.15, 0.2) is 5.65 Å². The van der Waals surface area contributed by atoms with Crippen molar-refractivity contribution >= 4 is 23.2 Å². The molecule has 1 atom stereocenters. The van der Waals surface area contributed by atoms with Gasteiger partial charge in [-0.05, 0) is 56.4 Å². The Labute approximate surface area is 169 Å². The zero-order valence-corrected chi connectivity index (χ0v) is 16.7. The van der Waals surface area contributed by atoms with Crippen LogP contribution in [0, 0.1) is 6.92 Å². The van der Waals surface area contributed by atoms with E-state index < -0.39 is 5.41 Å². The minimum absolute atomic E-state index is 0.0436. The van der Waals surface area contributed by atoms with Crippen LogP contribution >= 0.6 is 11.6 Å². The first kappa shape index (κ1) is 17.7. The maximum absolute atomic E-state index is 13.8. The van der Waals surface area contributed by atoms with E-state index >= 15 is 0 Å². The van der Waals surface area contributed by atoms with Gasteiger partial charge in [0.25, 0.3) is 0 Å². The van der Waals surface area contributed by atoms with Gasteiger partial charge in [-0.25, -0.2) is 9.50 Å². The Hall–Kier alpha value is -2.40. The van der Waals surface area contributed by atoms with Crippen molar-refractivity contribution in [2.45, 2.75) is 50.5 Å². The molecule has 3 aromatic rings. The predicted octanol–water partition coefficient (Wildman–Crippen LogP) is 4.48. The number of hydrogen-bond donors (Lipinski definition) is 0. The van der Waals surface area contributed by atoms with Crippen molar-refractivity contribution in [3.8, 4) is 0 Å². The normalized spacial score (nSPS) is 21.1. The summed E-state index contributed by atoms with van der Waals surface area (Å²) in [4.78, 5) is 20.3. The van der Waals surface area contributed by atoms with Gasteiger partial charge in [0, 0.05) is 23.8 Å². The molecule has 1 aliphatic heterocycles. The number of aryl methyl sites for hydroxylation is 1. The van der Waals surface area contributed by atoms with Crippen LogP contribution in [0.4, 0.5) is 0 Å². The summed E-state index contributed by atoms with van der Waals surface area (Å²) in [5.41, 5.74) is 3.51. The monoisotopic (exact) mass is 394 g/mol. The zero-order valence-electron chi connectivity index (χ0n) is 15.9. The first-order chi connectivity index (χ1) is 13.6. The molecule has 28 heavy (non-hydrogen) atoms. The molecule has 1 amide bonds. The Kier molecular flexibility index (Phi) is 4.16. The quantitative estimate of drug-likeness (QED) is 0.658. The molecule has 5 rings (SSSR count). The summed E-state index contributed by atoms with van der Waals surface area (Å²) in [7, 11) is 0. The van der Waals surface area contributed by atoms with E-state index in [1.807, 2.05) is 54.0 Å². The van der Waals surface area contributed by atoms with Crippen LogP contribution in [0.25, 0.3) is 5.65 Å². The maximum atomic E-state index is 13.8. The fourth-order valence-corrected chi connectivity index (χ4v) is 4.92. The van der Waals surface area contributed by atoms with Crippen molar-refractivity contribution in [2.75, 3.05) is 6.54 Å². The number of likely N-dealkylation sites (tertiary alicyclic amines) is 1.